The minimum atomic E-state index is -0.0818. The third-order valence-electron chi connectivity index (χ3n) is 3.09. The van der Waals surface area contributed by atoms with E-state index >= 15 is 0 Å². The topological polar surface area (TPSA) is 38.3 Å². The summed E-state index contributed by atoms with van der Waals surface area (Å²) in [6.07, 6.45) is 0. The van der Waals surface area contributed by atoms with Gasteiger partial charge in [0, 0.05) is 10.0 Å². The van der Waals surface area contributed by atoms with Crippen molar-refractivity contribution < 1.29 is 9.53 Å². The molecule has 4 heteroatoms. The van der Waals surface area contributed by atoms with Gasteiger partial charge in [0.25, 0.3) is 5.91 Å². The van der Waals surface area contributed by atoms with Gasteiger partial charge in [0.1, 0.15) is 12.4 Å². The van der Waals surface area contributed by atoms with E-state index in [-0.39, 0.29) is 5.91 Å². The first kappa shape index (κ1) is 15.6. The Morgan fingerprint density at radius 3 is 2.76 bits per heavy atom. The summed E-state index contributed by atoms with van der Waals surface area (Å²) in [6, 6.07) is 13.5. The number of benzene rings is 2. The Kier molecular flexibility index (Phi) is 5.39. The number of carbonyl (C=O) groups excluding carboxylic acids is 1. The van der Waals surface area contributed by atoms with E-state index in [1.807, 2.05) is 56.3 Å². The Labute approximate surface area is 133 Å². The zero-order valence-corrected chi connectivity index (χ0v) is 13.7. The molecule has 0 saturated carbocycles. The molecule has 21 heavy (non-hydrogen) atoms. The Bertz CT molecular complexity index is 640. The van der Waals surface area contributed by atoms with Crippen molar-refractivity contribution in [3.8, 4) is 5.75 Å². The number of ether oxygens (including phenoxy) is 1. The van der Waals surface area contributed by atoms with Crippen molar-refractivity contribution in [1.29, 1.82) is 0 Å². The Morgan fingerprint density at radius 2 is 2.00 bits per heavy atom. The fourth-order valence-electron chi connectivity index (χ4n) is 1.97. The monoisotopic (exact) mass is 347 g/mol. The normalized spacial score (nSPS) is 10.2. The molecule has 0 heterocycles. The second kappa shape index (κ2) is 7.27. The van der Waals surface area contributed by atoms with Gasteiger partial charge < -0.3 is 10.1 Å². The van der Waals surface area contributed by atoms with Gasteiger partial charge in [-0.3, -0.25) is 4.79 Å². The van der Waals surface area contributed by atoms with Crippen molar-refractivity contribution in [3.63, 3.8) is 0 Å². The third kappa shape index (κ3) is 4.60. The molecule has 0 aliphatic heterocycles. The number of nitrogens with one attached hydrogen (secondary N) is 1. The molecule has 1 N–H and O–H groups in total. The molecule has 0 aliphatic rings. The largest absolute Gasteiger partial charge is 0.492 e. The van der Waals surface area contributed by atoms with E-state index in [1.54, 1.807) is 0 Å². The van der Waals surface area contributed by atoms with Crippen molar-refractivity contribution >= 4 is 21.8 Å². The zero-order valence-electron chi connectivity index (χ0n) is 12.2. The Morgan fingerprint density at radius 1 is 1.19 bits per heavy atom. The van der Waals surface area contributed by atoms with Crippen LogP contribution in [0.5, 0.6) is 5.75 Å². The summed E-state index contributed by atoms with van der Waals surface area (Å²) in [5.41, 5.74) is 2.79. The quantitative estimate of drug-likeness (QED) is 0.833. The lowest BCUT2D eigenvalue weighted by Gasteiger charge is -2.10. The maximum Gasteiger partial charge on any atom is 0.251 e. The van der Waals surface area contributed by atoms with Crippen LogP contribution in [0, 0.1) is 13.8 Å². The van der Waals surface area contributed by atoms with Crippen LogP contribution < -0.4 is 10.1 Å². The van der Waals surface area contributed by atoms with Gasteiger partial charge in [-0.25, -0.2) is 0 Å². The number of amides is 1. The van der Waals surface area contributed by atoms with E-state index in [1.165, 1.54) is 0 Å². The van der Waals surface area contributed by atoms with Gasteiger partial charge in [0.05, 0.1) is 6.54 Å². The van der Waals surface area contributed by atoms with E-state index in [9.17, 15) is 4.79 Å². The Hall–Kier alpha value is -1.81. The fourth-order valence-corrected chi connectivity index (χ4v) is 2.33. The number of carbonyl (C=O) groups is 1. The van der Waals surface area contributed by atoms with E-state index in [0.29, 0.717) is 18.7 Å². The van der Waals surface area contributed by atoms with Crippen LogP contribution in [0.15, 0.2) is 46.9 Å². The highest BCUT2D eigenvalue weighted by Crippen LogP contribution is 2.16. The standard InChI is InChI=1S/C17H18BrNO2/c1-12-4-3-5-15(10-12)21-9-8-19-17(20)16-11-14(18)7-6-13(16)2/h3-7,10-11H,8-9H2,1-2H3,(H,19,20). The minimum Gasteiger partial charge on any atom is -0.492 e. The molecule has 0 aromatic heterocycles. The highest BCUT2D eigenvalue weighted by molar-refractivity contribution is 9.10. The van der Waals surface area contributed by atoms with Gasteiger partial charge in [-0.2, -0.15) is 0 Å². The van der Waals surface area contributed by atoms with Gasteiger partial charge in [-0.1, -0.05) is 34.1 Å². The maximum absolute atomic E-state index is 12.1. The first-order valence-electron chi connectivity index (χ1n) is 6.80. The van der Waals surface area contributed by atoms with Gasteiger partial charge in [-0.15, -0.1) is 0 Å². The van der Waals surface area contributed by atoms with Gasteiger partial charge in [0.15, 0.2) is 0 Å². The predicted molar refractivity (Wildman–Crippen MR) is 87.9 cm³/mol. The van der Waals surface area contributed by atoms with Crippen LogP contribution >= 0.6 is 15.9 Å². The van der Waals surface area contributed by atoms with Crippen molar-refractivity contribution in [3.05, 3.63) is 63.6 Å². The first-order chi connectivity index (χ1) is 10.1. The van der Waals surface area contributed by atoms with E-state index in [4.69, 9.17) is 4.74 Å². The summed E-state index contributed by atoms with van der Waals surface area (Å²) >= 11 is 3.38. The Balaban J connectivity index is 1.83. The summed E-state index contributed by atoms with van der Waals surface area (Å²) in [7, 11) is 0. The second-order valence-corrected chi connectivity index (χ2v) is 5.80. The molecular weight excluding hydrogens is 330 g/mol. The predicted octanol–water partition coefficient (Wildman–Crippen LogP) is 3.87. The van der Waals surface area contributed by atoms with E-state index < -0.39 is 0 Å². The number of hydrogen-bond donors (Lipinski definition) is 1. The smallest absolute Gasteiger partial charge is 0.251 e. The molecule has 1 amide bonds. The van der Waals surface area contributed by atoms with Crippen molar-refractivity contribution in [1.82, 2.24) is 5.32 Å². The molecule has 0 aliphatic carbocycles. The molecule has 0 atom stereocenters. The average Bonchev–Trinajstić information content (AvgIpc) is 2.46. The summed E-state index contributed by atoms with van der Waals surface area (Å²) in [5.74, 6) is 0.740. The molecule has 0 unspecified atom stereocenters. The van der Waals surface area contributed by atoms with E-state index in [0.717, 1.165) is 21.3 Å². The van der Waals surface area contributed by atoms with Gasteiger partial charge >= 0.3 is 0 Å². The van der Waals surface area contributed by atoms with Crippen LogP contribution in [0.4, 0.5) is 0 Å². The van der Waals surface area contributed by atoms with Crippen molar-refractivity contribution in [2.45, 2.75) is 13.8 Å². The minimum absolute atomic E-state index is 0.0818. The molecule has 110 valence electrons. The lowest BCUT2D eigenvalue weighted by atomic mass is 10.1. The number of halogens is 1. The van der Waals surface area contributed by atoms with Gasteiger partial charge in [-0.05, 0) is 49.2 Å². The molecule has 3 nitrogen and oxygen atoms in total. The molecule has 0 saturated heterocycles. The first-order valence-corrected chi connectivity index (χ1v) is 7.59. The van der Waals surface area contributed by atoms with Crippen molar-refractivity contribution in [2.75, 3.05) is 13.2 Å². The molecule has 2 aromatic carbocycles. The summed E-state index contributed by atoms with van der Waals surface area (Å²) in [6.45, 7) is 4.86. The van der Waals surface area contributed by atoms with Gasteiger partial charge in [0.2, 0.25) is 0 Å². The lowest BCUT2D eigenvalue weighted by Crippen LogP contribution is -2.28. The number of aryl methyl sites for hydroxylation is 2. The van der Waals surface area contributed by atoms with E-state index in [2.05, 4.69) is 21.2 Å². The summed E-state index contributed by atoms with van der Waals surface area (Å²) < 4.78 is 6.50. The molecular formula is C17H18BrNO2. The molecule has 2 aromatic rings. The molecule has 0 radical (unpaired) electrons. The van der Waals surface area contributed by atoms with Crippen LogP contribution in [-0.2, 0) is 0 Å². The van der Waals surface area contributed by atoms with Crippen LogP contribution in [0.2, 0.25) is 0 Å². The number of rotatable bonds is 5. The van der Waals surface area contributed by atoms with Crippen LogP contribution in [0.25, 0.3) is 0 Å². The number of hydrogen-bond acceptors (Lipinski definition) is 2. The summed E-state index contributed by atoms with van der Waals surface area (Å²) in [5, 5.41) is 2.87. The molecule has 0 spiro atoms. The highest BCUT2D eigenvalue weighted by atomic mass is 79.9. The molecule has 0 fully saturated rings. The maximum atomic E-state index is 12.1. The van der Waals surface area contributed by atoms with Crippen molar-refractivity contribution in [2.24, 2.45) is 0 Å². The van der Waals surface area contributed by atoms with Crippen LogP contribution in [0.3, 0.4) is 0 Å². The highest BCUT2D eigenvalue weighted by Gasteiger charge is 2.08. The average molecular weight is 348 g/mol. The SMILES string of the molecule is Cc1cccc(OCCNC(=O)c2cc(Br)ccc2C)c1. The zero-order chi connectivity index (χ0) is 15.2. The fraction of sp³-hybridized carbons (Fsp3) is 0.235. The summed E-state index contributed by atoms with van der Waals surface area (Å²) in [4.78, 5) is 12.1. The third-order valence-corrected chi connectivity index (χ3v) is 3.58. The van der Waals surface area contributed by atoms with Crippen LogP contribution in [0.1, 0.15) is 21.5 Å². The van der Waals surface area contributed by atoms with Crippen LogP contribution in [-0.4, -0.2) is 19.1 Å². The second-order valence-electron chi connectivity index (χ2n) is 4.88. The lowest BCUT2D eigenvalue weighted by molar-refractivity contribution is 0.0946. The molecule has 2 rings (SSSR count). The molecule has 0 bridgehead atoms.